The first-order valence-electron chi connectivity index (χ1n) is 7.97. The number of rotatable bonds is 3. The van der Waals surface area contributed by atoms with Gasteiger partial charge in [-0.3, -0.25) is 29.5 Å². The number of benzene rings is 2. The molecule has 0 radical (unpaired) electrons. The van der Waals surface area contributed by atoms with Crippen molar-refractivity contribution < 1.29 is 14.5 Å². The SMILES string of the molecule is CN1C(=O)C(=C(c2ccccc2)c2ccc([N+](=O)[O-])cc2)C(=O)N(C)C1=S. The molecule has 27 heavy (non-hydrogen) atoms. The van der Waals surface area contributed by atoms with E-state index in [0.29, 0.717) is 16.7 Å². The number of nitrogens with zero attached hydrogens (tertiary/aromatic N) is 3. The fourth-order valence-electron chi connectivity index (χ4n) is 2.85. The molecule has 2 aromatic rings. The van der Waals surface area contributed by atoms with E-state index >= 15 is 0 Å². The maximum Gasteiger partial charge on any atom is 0.269 e. The molecule has 0 unspecified atom stereocenters. The van der Waals surface area contributed by atoms with Gasteiger partial charge in [-0.1, -0.05) is 30.3 Å². The molecule has 2 aromatic carbocycles. The molecule has 1 heterocycles. The van der Waals surface area contributed by atoms with Crippen LogP contribution in [0.25, 0.3) is 5.57 Å². The topological polar surface area (TPSA) is 83.8 Å². The van der Waals surface area contributed by atoms with Crippen LogP contribution in [0, 0.1) is 10.1 Å². The third kappa shape index (κ3) is 3.22. The molecule has 1 aliphatic heterocycles. The summed E-state index contributed by atoms with van der Waals surface area (Å²) in [6, 6.07) is 14.7. The molecule has 0 spiro atoms. The van der Waals surface area contributed by atoms with Crippen molar-refractivity contribution >= 4 is 40.4 Å². The van der Waals surface area contributed by atoms with Gasteiger partial charge in [-0.2, -0.15) is 0 Å². The van der Waals surface area contributed by atoms with Crippen molar-refractivity contribution in [3.8, 4) is 0 Å². The van der Waals surface area contributed by atoms with Gasteiger partial charge >= 0.3 is 0 Å². The van der Waals surface area contributed by atoms with E-state index in [2.05, 4.69) is 0 Å². The number of likely N-dealkylation sites (N-methyl/N-ethyl adjacent to an activating group) is 2. The average molecular weight is 381 g/mol. The number of nitro groups is 1. The largest absolute Gasteiger partial charge is 0.288 e. The minimum Gasteiger partial charge on any atom is -0.288 e. The molecule has 7 nitrogen and oxygen atoms in total. The first kappa shape index (κ1) is 18.4. The van der Waals surface area contributed by atoms with E-state index in [0.717, 1.165) is 0 Å². The standard InChI is InChI=1S/C19H15N3O4S/c1-20-17(23)16(18(24)21(2)19(20)27)15(12-6-4-3-5-7-12)13-8-10-14(11-9-13)22(25)26/h3-11H,1-2H3. The fourth-order valence-corrected chi connectivity index (χ4v) is 3.02. The van der Waals surface area contributed by atoms with E-state index in [1.807, 2.05) is 6.07 Å². The molecule has 1 fully saturated rings. The van der Waals surface area contributed by atoms with Gasteiger partial charge in [0, 0.05) is 31.8 Å². The predicted molar refractivity (Wildman–Crippen MR) is 104 cm³/mol. The van der Waals surface area contributed by atoms with Crippen molar-refractivity contribution in [3.05, 3.63) is 81.4 Å². The molecule has 0 saturated carbocycles. The van der Waals surface area contributed by atoms with Gasteiger partial charge in [0.15, 0.2) is 5.11 Å². The molecule has 1 aliphatic rings. The quantitative estimate of drug-likeness (QED) is 0.268. The summed E-state index contributed by atoms with van der Waals surface area (Å²) in [6.07, 6.45) is 0. The van der Waals surface area contributed by atoms with Crippen molar-refractivity contribution in [3.63, 3.8) is 0 Å². The zero-order valence-corrected chi connectivity index (χ0v) is 15.4. The molecular formula is C19H15N3O4S. The van der Waals surface area contributed by atoms with Gasteiger partial charge in [-0.25, -0.2) is 0 Å². The zero-order chi connectivity index (χ0) is 19.7. The lowest BCUT2D eigenvalue weighted by Gasteiger charge is -2.33. The molecule has 1 saturated heterocycles. The summed E-state index contributed by atoms with van der Waals surface area (Å²) in [5.41, 5.74) is 1.47. The van der Waals surface area contributed by atoms with Crippen LogP contribution in [0.1, 0.15) is 11.1 Å². The van der Waals surface area contributed by atoms with Gasteiger partial charge in [0.1, 0.15) is 5.57 Å². The minimum absolute atomic E-state index is 0.0337. The van der Waals surface area contributed by atoms with E-state index in [1.54, 1.807) is 24.3 Å². The maximum atomic E-state index is 12.9. The second kappa shape index (κ2) is 7.08. The average Bonchev–Trinajstić information content (AvgIpc) is 2.69. The summed E-state index contributed by atoms with van der Waals surface area (Å²) in [5, 5.41) is 11.1. The van der Waals surface area contributed by atoms with Gasteiger partial charge in [0.2, 0.25) is 0 Å². The number of hydrogen-bond donors (Lipinski definition) is 0. The lowest BCUT2D eigenvalue weighted by molar-refractivity contribution is -0.384. The number of thiocarbonyl (C=S) groups is 1. The van der Waals surface area contributed by atoms with E-state index in [-0.39, 0.29) is 16.4 Å². The van der Waals surface area contributed by atoms with E-state index in [9.17, 15) is 19.7 Å². The first-order chi connectivity index (χ1) is 12.8. The van der Waals surface area contributed by atoms with Crippen LogP contribution in [0.2, 0.25) is 0 Å². The Hall–Kier alpha value is -3.39. The monoisotopic (exact) mass is 381 g/mol. The smallest absolute Gasteiger partial charge is 0.269 e. The lowest BCUT2D eigenvalue weighted by atomic mass is 9.91. The van der Waals surface area contributed by atoms with Crippen LogP contribution in [0.3, 0.4) is 0 Å². The predicted octanol–water partition coefficient (Wildman–Crippen LogP) is 2.61. The number of hydrogen-bond acceptors (Lipinski definition) is 5. The third-order valence-corrected chi connectivity index (χ3v) is 4.84. The molecule has 3 rings (SSSR count). The Bertz CT molecular complexity index is 958. The maximum absolute atomic E-state index is 12.9. The molecule has 0 atom stereocenters. The normalized spacial score (nSPS) is 14.6. The van der Waals surface area contributed by atoms with Crippen molar-refractivity contribution in [2.24, 2.45) is 0 Å². The molecule has 0 aliphatic carbocycles. The van der Waals surface area contributed by atoms with E-state index < -0.39 is 16.7 Å². The lowest BCUT2D eigenvalue weighted by Crippen LogP contribution is -2.53. The number of amides is 2. The van der Waals surface area contributed by atoms with E-state index in [4.69, 9.17) is 12.2 Å². The highest BCUT2D eigenvalue weighted by atomic mass is 32.1. The van der Waals surface area contributed by atoms with Gasteiger partial charge in [-0.05, 0) is 35.5 Å². The van der Waals surface area contributed by atoms with E-state index in [1.165, 1.54) is 48.2 Å². The summed E-state index contributed by atoms with van der Waals surface area (Å²) in [6.45, 7) is 0. The van der Waals surface area contributed by atoms with Crippen LogP contribution in [0.5, 0.6) is 0 Å². The van der Waals surface area contributed by atoms with Crippen molar-refractivity contribution in [1.82, 2.24) is 9.80 Å². The first-order valence-corrected chi connectivity index (χ1v) is 8.38. The second-order valence-electron chi connectivity index (χ2n) is 5.93. The fraction of sp³-hybridized carbons (Fsp3) is 0.105. The van der Waals surface area contributed by atoms with Gasteiger partial charge in [0.25, 0.3) is 17.5 Å². The molecule has 8 heteroatoms. The van der Waals surface area contributed by atoms with Gasteiger partial charge in [0.05, 0.1) is 4.92 Å². The second-order valence-corrected chi connectivity index (χ2v) is 6.30. The Labute approximate surface area is 160 Å². The van der Waals surface area contributed by atoms with Crippen molar-refractivity contribution in [1.29, 1.82) is 0 Å². The number of non-ortho nitro benzene ring substituents is 1. The van der Waals surface area contributed by atoms with Crippen LogP contribution in [0.4, 0.5) is 5.69 Å². The molecule has 0 N–H and O–H groups in total. The van der Waals surface area contributed by atoms with Crippen molar-refractivity contribution in [2.75, 3.05) is 14.1 Å². The minimum atomic E-state index is -0.514. The number of nitro benzene ring substituents is 1. The summed E-state index contributed by atoms with van der Waals surface area (Å²) in [4.78, 5) is 38.7. The molecule has 2 amide bonds. The Morgan fingerprint density at radius 3 is 1.85 bits per heavy atom. The van der Waals surface area contributed by atoms with Crippen molar-refractivity contribution in [2.45, 2.75) is 0 Å². The molecular weight excluding hydrogens is 366 g/mol. The molecule has 0 bridgehead atoms. The summed E-state index contributed by atoms with van der Waals surface area (Å²) < 4.78 is 0. The third-order valence-electron chi connectivity index (χ3n) is 4.29. The summed E-state index contributed by atoms with van der Waals surface area (Å²) in [7, 11) is 3.01. The zero-order valence-electron chi connectivity index (χ0n) is 14.6. The van der Waals surface area contributed by atoms with Gasteiger partial charge in [-0.15, -0.1) is 0 Å². The van der Waals surface area contributed by atoms with Crippen LogP contribution in [0.15, 0.2) is 60.2 Å². The highest BCUT2D eigenvalue weighted by molar-refractivity contribution is 7.80. The van der Waals surface area contributed by atoms with Crippen LogP contribution < -0.4 is 0 Å². The number of carbonyl (C=O) groups is 2. The highest BCUT2D eigenvalue weighted by Gasteiger charge is 2.38. The Morgan fingerprint density at radius 2 is 1.37 bits per heavy atom. The Balaban J connectivity index is 2.28. The summed E-state index contributed by atoms with van der Waals surface area (Å²) >= 11 is 5.14. The summed E-state index contributed by atoms with van der Waals surface area (Å²) in [5.74, 6) is -1.03. The number of carbonyl (C=O) groups excluding carboxylic acids is 2. The van der Waals surface area contributed by atoms with Gasteiger partial charge < -0.3 is 0 Å². The molecule has 136 valence electrons. The van der Waals surface area contributed by atoms with Crippen LogP contribution in [-0.4, -0.2) is 45.7 Å². The highest BCUT2D eigenvalue weighted by Crippen LogP contribution is 2.31. The van der Waals surface area contributed by atoms with Crippen LogP contribution >= 0.6 is 12.2 Å². The Morgan fingerprint density at radius 1 is 0.889 bits per heavy atom. The molecule has 0 aromatic heterocycles. The van der Waals surface area contributed by atoms with Crippen LogP contribution in [-0.2, 0) is 9.59 Å². The Kier molecular flexibility index (Phi) is 4.83.